The lowest BCUT2D eigenvalue weighted by molar-refractivity contribution is 0.0794. The molecule has 0 N–H and O–H groups in total. The molecule has 2 heterocycles. The van der Waals surface area contributed by atoms with Gasteiger partial charge in [-0.15, -0.1) is 0 Å². The first-order chi connectivity index (χ1) is 9.13. The maximum Gasteiger partial charge on any atom is 0.250 e. The minimum Gasteiger partial charge on any atom is -0.544 e. The van der Waals surface area contributed by atoms with Gasteiger partial charge in [0.25, 0.3) is 0 Å². The van der Waals surface area contributed by atoms with Gasteiger partial charge in [-0.1, -0.05) is 32.9 Å². The first-order valence-electron chi connectivity index (χ1n) is 7.58. The molecule has 2 nitrogen and oxygen atoms in total. The first-order valence-corrected chi connectivity index (χ1v) is 10.5. The highest BCUT2D eigenvalue weighted by atomic mass is 28.4. The summed E-state index contributed by atoms with van der Waals surface area (Å²) in [4.78, 5) is 0. The third-order valence-electron chi connectivity index (χ3n) is 4.62. The van der Waals surface area contributed by atoms with Crippen molar-refractivity contribution in [3.05, 3.63) is 35.8 Å². The molecule has 2 rings (SSSR count). The molecule has 1 unspecified atom stereocenters. The Bertz CT molecular complexity index is 466. The third kappa shape index (κ3) is 3.19. The van der Waals surface area contributed by atoms with Crippen LogP contribution in [0, 0.1) is 0 Å². The molecule has 0 aromatic carbocycles. The lowest BCUT2D eigenvalue weighted by Gasteiger charge is -2.37. The fourth-order valence-corrected chi connectivity index (χ4v) is 3.29. The lowest BCUT2D eigenvalue weighted by Crippen LogP contribution is -2.40. The summed E-state index contributed by atoms with van der Waals surface area (Å²) < 4.78 is 12.7. The number of fused-ring (bicyclic) bond motifs is 2. The molecular formula is C17H28O2Si. The van der Waals surface area contributed by atoms with Crippen LogP contribution in [0.25, 0.3) is 0 Å². The fraction of sp³-hybridized carbons (Fsp3) is 0.647. The van der Waals surface area contributed by atoms with Crippen molar-refractivity contribution in [1.29, 1.82) is 0 Å². The van der Waals surface area contributed by atoms with Crippen molar-refractivity contribution < 1.29 is 9.16 Å². The first kappa shape index (κ1) is 15.4. The quantitative estimate of drug-likeness (QED) is 0.507. The van der Waals surface area contributed by atoms with Gasteiger partial charge < -0.3 is 9.16 Å². The van der Waals surface area contributed by atoms with Crippen LogP contribution in [0.5, 0.6) is 0 Å². The molecule has 0 aliphatic carbocycles. The van der Waals surface area contributed by atoms with Crippen molar-refractivity contribution in [1.82, 2.24) is 0 Å². The standard InChI is InChI=1S/C17H28O2Si/c1-16(2,3)20(5,6)19-15-10-8-7-9-12-17(4)13-11-14(15)18-17/h7,9,11,13H,8,10,12H2,1-6H3/b9-7-,15-14+. The van der Waals surface area contributed by atoms with Crippen LogP contribution in [0.1, 0.15) is 47.0 Å². The van der Waals surface area contributed by atoms with Gasteiger partial charge in [0.2, 0.25) is 8.32 Å². The maximum atomic E-state index is 6.52. The Kier molecular flexibility index (Phi) is 3.93. The average Bonchev–Trinajstić information content (AvgIpc) is 2.70. The Hall–Kier alpha value is -0.963. The van der Waals surface area contributed by atoms with E-state index in [1.807, 2.05) is 0 Å². The van der Waals surface area contributed by atoms with Gasteiger partial charge in [-0.2, -0.15) is 0 Å². The van der Waals surface area contributed by atoms with Crippen LogP contribution < -0.4 is 0 Å². The minimum atomic E-state index is -1.81. The van der Waals surface area contributed by atoms with Crippen LogP contribution in [-0.4, -0.2) is 13.9 Å². The molecule has 0 fully saturated rings. The van der Waals surface area contributed by atoms with Crippen LogP contribution in [0.4, 0.5) is 0 Å². The Morgan fingerprint density at radius 1 is 1.25 bits per heavy atom. The normalized spacial score (nSPS) is 32.1. The van der Waals surface area contributed by atoms with Gasteiger partial charge in [0, 0.05) is 12.8 Å². The van der Waals surface area contributed by atoms with Crippen molar-refractivity contribution in [3.63, 3.8) is 0 Å². The highest BCUT2D eigenvalue weighted by Gasteiger charge is 2.40. The van der Waals surface area contributed by atoms with E-state index in [-0.39, 0.29) is 10.6 Å². The van der Waals surface area contributed by atoms with E-state index in [0.717, 1.165) is 30.8 Å². The zero-order valence-corrected chi connectivity index (χ0v) is 14.7. The van der Waals surface area contributed by atoms with E-state index >= 15 is 0 Å². The summed E-state index contributed by atoms with van der Waals surface area (Å²) >= 11 is 0. The zero-order chi connectivity index (χ0) is 15.0. The van der Waals surface area contributed by atoms with Gasteiger partial charge in [0.05, 0.1) is 0 Å². The molecule has 0 aromatic rings. The van der Waals surface area contributed by atoms with E-state index < -0.39 is 8.32 Å². The second-order valence-electron chi connectivity index (χ2n) is 7.61. The van der Waals surface area contributed by atoms with Gasteiger partial charge in [-0.25, -0.2) is 0 Å². The van der Waals surface area contributed by atoms with Gasteiger partial charge in [-0.3, -0.25) is 0 Å². The molecule has 3 heteroatoms. The average molecular weight is 292 g/mol. The van der Waals surface area contributed by atoms with Crippen molar-refractivity contribution in [3.8, 4) is 0 Å². The highest BCUT2D eigenvalue weighted by molar-refractivity contribution is 6.74. The van der Waals surface area contributed by atoms with Crippen molar-refractivity contribution in [2.75, 3.05) is 0 Å². The van der Waals surface area contributed by atoms with Crippen molar-refractivity contribution >= 4 is 8.32 Å². The maximum absolute atomic E-state index is 6.52. The molecule has 20 heavy (non-hydrogen) atoms. The molecule has 2 bridgehead atoms. The summed E-state index contributed by atoms with van der Waals surface area (Å²) in [6, 6.07) is 0. The van der Waals surface area contributed by atoms with Crippen molar-refractivity contribution in [2.45, 2.75) is 70.7 Å². The Morgan fingerprint density at radius 2 is 1.95 bits per heavy atom. The Labute approximate surface area is 124 Å². The Balaban J connectivity index is 2.28. The molecular weight excluding hydrogens is 264 g/mol. The van der Waals surface area contributed by atoms with E-state index in [4.69, 9.17) is 9.16 Å². The molecule has 2 aliphatic heterocycles. The molecule has 0 spiro atoms. The second kappa shape index (κ2) is 5.10. The summed E-state index contributed by atoms with van der Waals surface area (Å²) in [6.45, 7) is 13.5. The number of ether oxygens (including phenoxy) is 1. The molecule has 112 valence electrons. The molecule has 0 radical (unpaired) electrons. The van der Waals surface area contributed by atoms with Crippen LogP contribution >= 0.6 is 0 Å². The second-order valence-corrected chi connectivity index (χ2v) is 12.3. The summed E-state index contributed by atoms with van der Waals surface area (Å²) in [5.41, 5.74) is -0.196. The van der Waals surface area contributed by atoms with Gasteiger partial charge in [0.15, 0.2) is 5.76 Å². The number of hydrogen-bond donors (Lipinski definition) is 0. The predicted molar refractivity (Wildman–Crippen MR) is 86.9 cm³/mol. The predicted octanol–water partition coefficient (Wildman–Crippen LogP) is 5.31. The van der Waals surface area contributed by atoms with E-state index in [0.29, 0.717) is 0 Å². The SMILES string of the molecule is CC12C=C/C(=C(\O[Si](C)(C)C(C)(C)C)CC/C=C\C1)O2. The molecule has 0 amide bonds. The lowest BCUT2D eigenvalue weighted by atomic mass is 10.0. The molecule has 0 saturated carbocycles. The third-order valence-corrected chi connectivity index (χ3v) is 8.99. The number of rotatable bonds is 2. The largest absolute Gasteiger partial charge is 0.544 e. The summed E-state index contributed by atoms with van der Waals surface area (Å²) in [5.74, 6) is 1.99. The topological polar surface area (TPSA) is 18.5 Å². The molecule has 2 aliphatic rings. The van der Waals surface area contributed by atoms with Gasteiger partial charge >= 0.3 is 0 Å². The smallest absolute Gasteiger partial charge is 0.250 e. The number of hydrogen-bond acceptors (Lipinski definition) is 2. The van der Waals surface area contributed by atoms with Crippen LogP contribution in [-0.2, 0) is 9.16 Å². The van der Waals surface area contributed by atoms with Crippen LogP contribution in [0.2, 0.25) is 18.1 Å². The summed E-state index contributed by atoms with van der Waals surface area (Å²) in [6.07, 6.45) is 11.6. The van der Waals surface area contributed by atoms with Crippen LogP contribution in [0.15, 0.2) is 35.8 Å². The highest BCUT2D eigenvalue weighted by Crippen LogP contribution is 2.41. The summed E-state index contributed by atoms with van der Waals surface area (Å²) in [7, 11) is -1.81. The van der Waals surface area contributed by atoms with Gasteiger partial charge in [-0.05, 0) is 43.6 Å². The molecule has 1 atom stereocenters. The zero-order valence-electron chi connectivity index (χ0n) is 13.7. The van der Waals surface area contributed by atoms with Crippen molar-refractivity contribution in [2.24, 2.45) is 0 Å². The monoisotopic (exact) mass is 292 g/mol. The number of allylic oxidation sites excluding steroid dienone is 3. The van der Waals surface area contributed by atoms with E-state index in [2.05, 4.69) is 65.1 Å². The van der Waals surface area contributed by atoms with Crippen LogP contribution in [0.3, 0.4) is 0 Å². The fourth-order valence-electron chi connectivity index (χ4n) is 2.17. The molecule has 0 saturated heterocycles. The van der Waals surface area contributed by atoms with E-state index in [1.54, 1.807) is 0 Å². The summed E-state index contributed by atoms with van der Waals surface area (Å²) in [5, 5.41) is 0.209. The van der Waals surface area contributed by atoms with E-state index in [9.17, 15) is 0 Å². The molecule has 0 aromatic heterocycles. The Morgan fingerprint density at radius 3 is 2.60 bits per heavy atom. The minimum absolute atomic E-state index is 0.196. The van der Waals surface area contributed by atoms with E-state index in [1.165, 1.54) is 0 Å². The van der Waals surface area contributed by atoms with Gasteiger partial charge in [0.1, 0.15) is 11.4 Å².